The monoisotopic (exact) mass is 194 g/mol. The van der Waals surface area contributed by atoms with Gasteiger partial charge in [0.1, 0.15) is 0 Å². The van der Waals surface area contributed by atoms with E-state index in [0.29, 0.717) is 16.6 Å². The Morgan fingerprint density at radius 3 is 2.57 bits per heavy atom. The lowest BCUT2D eigenvalue weighted by Crippen LogP contribution is -1.99. The van der Waals surface area contributed by atoms with Gasteiger partial charge in [-0.2, -0.15) is 0 Å². The second-order valence-corrected chi connectivity index (χ2v) is 2.97. The number of nitrogens with zero attached hydrogens (tertiary/aromatic N) is 1. The first kappa shape index (κ1) is 9.02. The van der Waals surface area contributed by atoms with Gasteiger partial charge in [-0.25, -0.2) is 8.78 Å². The Bertz CT molecular complexity index is 483. The molecular weight excluding hydrogens is 186 g/mol. The minimum absolute atomic E-state index is 0.287. The highest BCUT2D eigenvalue weighted by molar-refractivity contribution is 5.78. The third-order valence-electron chi connectivity index (χ3n) is 2.00. The van der Waals surface area contributed by atoms with Crippen molar-refractivity contribution in [1.29, 1.82) is 0 Å². The lowest BCUT2D eigenvalue weighted by Gasteiger charge is -2.01. The van der Waals surface area contributed by atoms with Crippen LogP contribution >= 0.6 is 0 Å². The Labute approximate surface area is 79.4 Å². The van der Waals surface area contributed by atoms with E-state index in [-0.39, 0.29) is 6.54 Å². The van der Waals surface area contributed by atoms with Crippen molar-refractivity contribution in [2.45, 2.75) is 6.54 Å². The topological polar surface area (TPSA) is 38.9 Å². The maximum absolute atomic E-state index is 12.8. The number of hydrogen-bond acceptors (Lipinski definition) is 2. The molecule has 0 saturated carbocycles. The molecule has 0 spiro atoms. The molecule has 14 heavy (non-hydrogen) atoms. The van der Waals surface area contributed by atoms with Gasteiger partial charge in [0.25, 0.3) is 0 Å². The summed E-state index contributed by atoms with van der Waals surface area (Å²) in [6, 6.07) is 5.56. The van der Waals surface area contributed by atoms with Gasteiger partial charge >= 0.3 is 0 Å². The van der Waals surface area contributed by atoms with E-state index in [2.05, 4.69) is 4.98 Å². The molecule has 1 aromatic heterocycles. The summed E-state index contributed by atoms with van der Waals surface area (Å²) in [5, 5.41) is 0.570. The number of rotatable bonds is 1. The van der Waals surface area contributed by atoms with Crippen LogP contribution in [0.25, 0.3) is 10.9 Å². The molecule has 0 amide bonds. The molecule has 0 aliphatic rings. The Hall–Kier alpha value is -1.55. The molecule has 0 unspecified atom stereocenters. The number of halogens is 2. The summed E-state index contributed by atoms with van der Waals surface area (Å²) in [5.41, 5.74) is 6.46. The highest BCUT2D eigenvalue weighted by Crippen LogP contribution is 2.16. The van der Waals surface area contributed by atoms with Crippen molar-refractivity contribution < 1.29 is 8.78 Å². The van der Waals surface area contributed by atoms with Gasteiger partial charge < -0.3 is 5.73 Å². The van der Waals surface area contributed by atoms with Crippen molar-refractivity contribution in [3.63, 3.8) is 0 Å². The van der Waals surface area contributed by atoms with Crippen LogP contribution in [0.4, 0.5) is 8.78 Å². The average molecular weight is 194 g/mol. The molecule has 1 heterocycles. The Morgan fingerprint density at radius 2 is 1.86 bits per heavy atom. The van der Waals surface area contributed by atoms with Crippen LogP contribution < -0.4 is 5.73 Å². The van der Waals surface area contributed by atoms with E-state index in [1.54, 1.807) is 12.1 Å². The summed E-state index contributed by atoms with van der Waals surface area (Å²) in [6.45, 7) is 0.287. The van der Waals surface area contributed by atoms with E-state index in [1.165, 1.54) is 0 Å². The first-order valence-corrected chi connectivity index (χ1v) is 4.15. The molecule has 4 heteroatoms. The predicted molar refractivity (Wildman–Crippen MR) is 49.6 cm³/mol. The van der Waals surface area contributed by atoms with Crippen molar-refractivity contribution in [3.05, 3.63) is 41.6 Å². The molecule has 2 nitrogen and oxygen atoms in total. The van der Waals surface area contributed by atoms with Crippen LogP contribution in [0.5, 0.6) is 0 Å². The van der Waals surface area contributed by atoms with Crippen molar-refractivity contribution in [1.82, 2.24) is 4.98 Å². The zero-order valence-corrected chi connectivity index (χ0v) is 7.30. The van der Waals surface area contributed by atoms with Gasteiger partial charge in [-0.15, -0.1) is 0 Å². The van der Waals surface area contributed by atoms with E-state index in [4.69, 9.17) is 5.73 Å². The van der Waals surface area contributed by atoms with Gasteiger partial charge in [-0.1, -0.05) is 6.07 Å². The summed E-state index contributed by atoms with van der Waals surface area (Å²) >= 11 is 0. The minimum Gasteiger partial charge on any atom is -0.325 e. The van der Waals surface area contributed by atoms with Crippen LogP contribution in [0.2, 0.25) is 0 Å². The predicted octanol–water partition coefficient (Wildman–Crippen LogP) is 1.97. The molecule has 2 aromatic rings. The summed E-state index contributed by atoms with van der Waals surface area (Å²) in [4.78, 5) is 4.06. The maximum atomic E-state index is 12.8. The van der Waals surface area contributed by atoms with E-state index < -0.39 is 11.6 Å². The third-order valence-corrected chi connectivity index (χ3v) is 2.00. The van der Waals surface area contributed by atoms with Gasteiger partial charge in [-0.05, 0) is 12.1 Å². The number of pyridine rings is 1. The molecule has 0 fully saturated rings. The highest BCUT2D eigenvalue weighted by Gasteiger charge is 2.04. The maximum Gasteiger partial charge on any atom is 0.161 e. The van der Waals surface area contributed by atoms with Gasteiger partial charge in [0.2, 0.25) is 0 Å². The number of fused-ring (bicyclic) bond motifs is 1. The zero-order chi connectivity index (χ0) is 10.1. The van der Waals surface area contributed by atoms with Crippen molar-refractivity contribution in [2.24, 2.45) is 5.73 Å². The zero-order valence-electron chi connectivity index (χ0n) is 7.30. The smallest absolute Gasteiger partial charge is 0.161 e. The van der Waals surface area contributed by atoms with Crippen LogP contribution in [0.1, 0.15) is 5.69 Å². The second-order valence-electron chi connectivity index (χ2n) is 2.97. The van der Waals surface area contributed by atoms with Crippen LogP contribution in [-0.2, 0) is 6.54 Å². The molecule has 0 aliphatic heterocycles. The molecule has 0 aliphatic carbocycles. The Morgan fingerprint density at radius 1 is 1.14 bits per heavy atom. The summed E-state index contributed by atoms with van der Waals surface area (Å²) in [5.74, 6) is -1.75. The summed E-state index contributed by atoms with van der Waals surface area (Å²) in [6.07, 6.45) is 0. The molecule has 1 aromatic carbocycles. The highest BCUT2D eigenvalue weighted by atomic mass is 19.2. The molecule has 72 valence electrons. The number of benzene rings is 1. The van der Waals surface area contributed by atoms with Gasteiger partial charge in [0.15, 0.2) is 11.6 Å². The van der Waals surface area contributed by atoms with E-state index in [0.717, 1.165) is 12.1 Å². The molecule has 0 radical (unpaired) electrons. The van der Waals surface area contributed by atoms with Crippen LogP contribution in [0.3, 0.4) is 0 Å². The minimum atomic E-state index is -0.890. The molecule has 0 bridgehead atoms. The lowest BCUT2D eigenvalue weighted by atomic mass is 10.2. The van der Waals surface area contributed by atoms with Crippen molar-refractivity contribution in [2.75, 3.05) is 0 Å². The SMILES string of the molecule is NCc1ccc2cc(F)c(F)cc2n1. The van der Waals surface area contributed by atoms with Crippen LogP contribution in [0, 0.1) is 11.6 Å². The normalized spacial score (nSPS) is 10.8. The van der Waals surface area contributed by atoms with E-state index >= 15 is 0 Å². The number of nitrogens with two attached hydrogens (primary N) is 1. The number of aromatic nitrogens is 1. The van der Waals surface area contributed by atoms with E-state index in [1.807, 2.05) is 0 Å². The number of hydrogen-bond donors (Lipinski definition) is 1. The van der Waals surface area contributed by atoms with Crippen LogP contribution in [-0.4, -0.2) is 4.98 Å². The van der Waals surface area contributed by atoms with Gasteiger partial charge in [-0.3, -0.25) is 4.98 Å². The van der Waals surface area contributed by atoms with Crippen LogP contribution in [0.15, 0.2) is 24.3 Å². The molecular formula is C10H8F2N2. The van der Waals surface area contributed by atoms with Crippen molar-refractivity contribution in [3.8, 4) is 0 Å². The van der Waals surface area contributed by atoms with Gasteiger partial charge in [0, 0.05) is 18.0 Å². The Kier molecular flexibility index (Phi) is 2.13. The molecule has 0 atom stereocenters. The standard InChI is InChI=1S/C10H8F2N2/c11-8-3-6-1-2-7(5-13)14-10(6)4-9(8)12/h1-4H,5,13H2. The molecule has 0 saturated heterocycles. The fraction of sp³-hybridized carbons (Fsp3) is 0.100. The third kappa shape index (κ3) is 1.44. The molecule has 2 N–H and O–H groups in total. The summed E-state index contributed by atoms with van der Waals surface area (Å²) in [7, 11) is 0. The first-order valence-electron chi connectivity index (χ1n) is 4.15. The van der Waals surface area contributed by atoms with Crippen molar-refractivity contribution >= 4 is 10.9 Å². The Balaban J connectivity index is 2.70. The summed E-state index contributed by atoms with van der Waals surface area (Å²) < 4.78 is 25.6. The lowest BCUT2D eigenvalue weighted by molar-refractivity contribution is 0.510. The first-order chi connectivity index (χ1) is 6.70. The molecule has 2 rings (SSSR count). The largest absolute Gasteiger partial charge is 0.325 e. The van der Waals surface area contributed by atoms with E-state index in [9.17, 15) is 8.78 Å². The quantitative estimate of drug-likeness (QED) is 0.753. The van der Waals surface area contributed by atoms with Gasteiger partial charge in [0.05, 0.1) is 11.2 Å². The fourth-order valence-corrected chi connectivity index (χ4v) is 1.27. The second kappa shape index (κ2) is 3.31. The average Bonchev–Trinajstić information content (AvgIpc) is 2.19. The fourth-order valence-electron chi connectivity index (χ4n) is 1.27.